The van der Waals surface area contributed by atoms with Crippen molar-refractivity contribution in [1.29, 1.82) is 0 Å². The van der Waals surface area contributed by atoms with Crippen molar-refractivity contribution in [2.75, 3.05) is 0 Å². The molecule has 0 nitrogen and oxygen atoms in total. The van der Waals surface area contributed by atoms with Gasteiger partial charge in [-0.15, -0.1) is 0 Å². The minimum atomic E-state index is -0.633. The minimum absolute atomic E-state index is 0.151. The van der Waals surface area contributed by atoms with Gasteiger partial charge in [0, 0.05) is 5.92 Å². The first-order chi connectivity index (χ1) is 8.18. The molecule has 3 heteroatoms. The van der Waals surface area contributed by atoms with Gasteiger partial charge in [0.2, 0.25) is 5.90 Å². The number of rotatable bonds is 5. The van der Waals surface area contributed by atoms with Crippen molar-refractivity contribution in [1.82, 2.24) is 0 Å². The van der Waals surface area contributed by atoms with Gasteiger partial charge in [-0.25, -0.2) is 0 Å². The molecule has 0 saturated carbocycles. The zero-order valence-corrected chi connectivity index (χ0v) is 17.0. The fourth-order valence-corrected chi connectivity index (χ4v) is 4.93. The Morgan fingerprint density at radius 2 is 1.42 bits per heavy atom. The fraction of sp³-hybridized carbons (Fsp3) is 1.00. The largest absolute Gasteiger partial charge is 0.248 e. The van der Waals surface area contributed by atoms with Gasteiger partial charge >= 0.3 is 0 Å². The summed E-state index contributed by atoms with van der Waals surface area (Å²) in [5.74, 6) is 0.728. The van der Waals surface area contributed by atoms with E-state index < -0.39 is 5.90 Å². The molecule has 114 valence electrons. The van der Waals surface area contributed by atoms with Crippen molar-refractivity contribution in [2.24, 2.45) is 22.7 Å². The lowest BCUT2D eigenvalue weighted by molar-refractivity contribution is 0.145. The Morgan fingerprint density at radius 3 is 1.68 bits per heavy atom. The SMILES string of the molecule is CC(CC(C(C)(C)C)C(C)(C)[P+](=S)S)CC(C)(C)C. The Bertz CT molecular complexity index is 308. The number of thiol groups is 1. The molecule has 3 atom stereocenters. The molecule has 0 spiro atoms. The first kappa shape index (κ1) is 19.9. The zero-order valence-electron chi connectivity index (χ0n) is 14.4. The molecule has 0 fully saturated rings. The summed E-state index contributed by atoms with van der Waals surface area (Å²) >= 11 is 10.2. The highest BCUT2D eigenvalue weighted by atomic mass is 32.9. The second-order valence-corrected chi connectivity index (χ2v) is 13.8. The molecular formula is C16H34PS2+. The van der Waals surface area contributed by atoms with Crippen LogP contribution in [0, 0.1) is 22.7 Å². The third kappa shape index (κ3) is 6.91. The lowest BCUT2D eigenvalue weighted by atomic mass is 9.68. The van der Waals surface area contributed by atoms with Crippen molar-refractivity contribution in [3.8, 4) is 0 Å². The van der Waals surface area contributed by atoms with E-state index in [0.29, 0.717) is 11.3 Å². The number of hydrogen-bond donors (Lipinski definition) is 1. The minimum Gasteiger partial charge on any atom is -0.0625 e. The number of hydrogen-bond acceptors (Lipinski definition) is 1. The van der Waals surface area contributed by atoms with Gasteiger partial charge in [-0.05, 0) is 43.4 Å². The molecule has 0 rings (SSSR count). The van der Waals surface area contributed by atoms with Crippen LogP contribution in [0.4, 0.5) is 0 Å². The van der Waals surface area contributed by atoms with Crippen LogP contribution in [0.25, 0.3) is 0 Å². The van der Waals surface area contributed by atoms with Crippen molar-refractivity contribution in [3.63, 3.8) is 0 Å². The summed E-state index contributed by atoms with van der Waals surface area (Å²) in [7, 11) is 0. The summed E-state index contributed by atoms with van der Waals surface area (Å²) in [6.07, 6.45) is 2.53. The topological polar surface area (TPSA) is 0 Å². The van der Waals surface area contributed by atoms with E-state index in [1.54, 1.807) is 0 Å². The van der Waals surface area contributed by atoms with Crippen molar-refractivity contribution in [3.05, 3.63) is 0 Å². The van der Waals surface area contributed by atoms with Crippen molar-refractivity contribution < 1.29 is 0 Å². The van der Waals surface area contributed by atoms with Gasteiger partial charge in [-0.2, -0.15) is 0 Å². The van der Waals surface area contributed by atoms with Gasteiger partial charge in [0.1, 0.15) is 5.16 Å². The monoisotopic (exact) mass is 321 g/mol. The lowest BCUT2D eigenvalue weighted by Gasteiger charge is -2.39. The maximum absolute atomic E-state index is 5.55. The van der Waals surface area contributed by atoms with Gasteiger partial charge in [0.15, 0.2) is 11.8 Å². The smallest absolute Gasteiger partial charge is 0.0625 e. The van der Waals surface area contributed by atoms with Crippen LogP contribution < -0.4 is 0 Å². The molecule has 0 saturated heterocycles. The predicted molar refractivity (Wildman–Crippen MR) is 98.1 cm³/mol. The van der Waals surface area contributed by atoms with E-state index in [1.807, 2.05) is 0 Å². The van der Waals surface area contributed by atoms with Crippen LogP contribution in [0.15, 0.2) is 0 Å². The van der Waals surface area contributed by atoms with Crippen LogP contribution >= 0.6 is 18.1 Å². The predicted octanol–water partition coefficient (Wildman–Crippen LogP) is 6.68. The third-order valence-electron chi connectivity index (χ3n) is 3.99. The Morgan fingerprint density at radius 1 is 1.00 bits per heavy atom. The second kappa shape index (κ2) is 6.75. The van der Waals surface area contributed by atoms with Crippen molar-refractivity contribution in [2.45, 2.75) is 80.3 Å². The third-order valence-corrected chi connectivity index (χ3v) is 8.25. The van der Waals surface area contributed by atoms with Crippen LogP contribution in [0.5, 0.6) is 0 Å². The molecular weight excluding hydrogens is 287 g/mol. The molecule has 3 unspecified atom stereocenters. The summed E-state index contributed by atoms with van der Waals surface area (Å²) in [4.78, 5) is 0. The highest BCUT2D eigenvalue weighted by Crippen LogP contribution is 2.55. The molecule has 0 bridgehead atoms. The molecule has 19 heavy (non-hydrogen) atoms. The summed E-state index contributed by atoms with van der Waals surface area (Å²) < 4.78 is 0. The molecule has 0 aromatic rings. The molecule has 0 amide bonds. The van der Waals surface area contributed by atoms with E-state index in [1.165, 1.54) is 12.8 Å². The molecule has 0 aromatic heterocycles. The lowest BCUT2D eigenvalue weighted by Crippen LogP contribution is -2.38. The Balaban J connectivity index is 5.07. The average Bonchev–Trinajstić information content (AvgIpc) is 2.08. The van der Waals surface area contributed by atoms with Gasteiger partial charge < -0.3 is 0 Å². The van der Waals surface area contributed by atoms with Gasteiger partial charge in [-0.1, -0.05) is 48.5 Å². The Kier molecular flexibility index (Phi) is 7.06. The molecule has 0 aliphatic carbocycles. The van der Waals surface area contributed by atoms with E-state index in [4.69, 9.17) is 11.8 Å². The summed E-state index contributed by atoms with van der Waals surface area (Å²) in [5, 5.41) is 0.151. The Hall–Kier alpha value is 0.870. The Labute approximate surface area is 133 Å². The van der Waals surface area contributed by atoms with E-state index >= 15 is 0 Å². The summed E-state index contributed by atoms with van der Waals surface area (Å²) in [6, 6.07) is 0. The van der Waals surface area contributed by atoms with Crippen LogP contribution in [0.3, 0.4) is 0 Å². The van der Waals surface area contributed by atoms with Gasteiger partial charge in [0.05, 0.1) is 12.2 Å². The van der Waals surface area contributed by atoms with Crippen LogP contribution in [-0.4, -0.2) is 5.16 Å². The van der Waals surface area contributed by atoms with Gasteiger partial charge in [-0.3, -0.25) is 0 Å². The van der Waals surface area contributed by atoms with Crippen molar-refractivity contribution >= 4 is 30.0 Å². The molecule has 0 heterocycles. The van der Waals surface area contributed by atoms with Crippen LogP contribution in [-0.2, 0) is 11.8 Å². The first-order valence-corrected chi connectivity index (χ1v) is 10.8. The maximum atomic E-state index is 5.55. The highest BCUT2D eigenvalue weighted by molar-refractivity contribution is 8.56. The maximum Gasteiger partial charge on any atom is 0.248 e. The molecule has 0 aromatic carbocycles. The zero-order chi connectivity index (χ0) is 15.6. The molecule has 0 N–H and O–H groups in total. The standard InChI is InChI=1S/C16H33PS2/c1-12(11-14(2,3)4)10-13(15(5,6)7)16(8,9)17(18)19/h12-13H,10-11H2,1-9H3/p+1. The van der Waals surface area contributed by atoms with Crippen LogP contribution in [0.1, 0.15) is 75.2 Å². The normalized spacial score (nSPS) is 18.1. The fourth-order valence-electron chi connectivity index (χ4n) is 3.37. The average molecular weight is 322 g/mol. The summed E-state index contributed by atoms with van der Waals surface area (Å²) in [6.45, 7) is 21.1. The van der Waals surface area contributed by atoms with E-state index in [0.717, 1.165) is 5.92 Å². The molecule has 0 aliphatic rings. The molecule has 0 aliphatic heterocycles. The van der Waals surface area contributed by atoms with E-state index in [-0.39, 0.29) is 10.6 Å². The second-order valence-electron chi connectivity index (χ2n) is 8.95. The van der Waals surface area contributed by atoms with E-state index in [2.05, 4.69) is 74.6 Å². The highest BCUT2D eigenvalue weighted by Gasteiger charge is 2.47. The summed E-state index contributed by atoms with van der Waals surface area (Å²) in [5.41, 5.74) is 0.698. The first-order valence-electron chi connectivity index (χ1n) is 7.34. The van der Waals surface area contributed by atoms with Crippen LogP contribution in [0.2, 0.25) is 0 Å². The molecule has 0 radical (unpaired) electrons. The van der Waals surface area contributed by atoms with E-state index in [9.17, 15) is 0 Å². The quantitative estimate of drug-likeness (QED) is 0.435. The van der Waals surface area contributed by atoms with Gasteiger partial charge in [0.25, 0.3) is 0 Å².